The van der Waals surface area contributed by atoms with Crippen molar-refractivity contribution in [1.82, 2.24) is 0 Å². The maximum Gasteiger partial charge on any atom is 0.306 e. The first kappa shape index (κ1) is 16.0. The zero-order valence-electron chi connectivity index (χ0n) is 12.0. The monoisotopic (exact) mass is 317 g/mol. The van der Waals surface area contributed by atoms with Gasteiger partial charge in [0.25, 0.3) is 0 Å². The predicted octanol–water partition coefficient (Wildman–Crippen LogP) is 2.81. The standard InChI is InChI=1S/C16H15NO4S/c1-22(18,19)21-15-9-7-14(8-10-15)16(11-17)20-12-13-5-3-2-4-6-13/h2-10,16H,12H2,1H3. The normalized spacial score (nSPS) is 12.4. The molecule has 0 fully saturated rings. The van der Waals surface area contributed by atoms with Crippen molar-refractivity contribution in [3.05, 3.63) is 65.7 Å². The molecular weight excluding hydrogens is 302 g/mol. The summed E-state index contributed by atoms with van der Waals surface area (Å²) in [6.45, 7) is 0.320. The van der Waals surface area contributed by atoms with Gasteiger partial charge < -0.3 is 8.92 Å². The highest BCUT2D eigenvalue weighted by Gasteiger charge is 2.12. The van der Waals surface area contributed by atoms with Crippen LogP contribution in [0.15, 0.2) is 54.6 Å². The highest BCUT2D eigenvalue weighted by molar-refractivity contribution is 7.86. The third kappa shape index (κ3) is 4.88. The number of hydrogen-bond donors (Lipinski definition) is 0. The summed E-state index contributed by atoms with van der Waals surface area (Å²) in [5.41, 5.74) is 1.61. The lowest BCUT2D eigenvalue weighted by molar-refractivity contribution is 0.0767. The van der Waals surface area contributed by atoms with E-state index in [2.05, 4.69) is 6.07 Å². The molecule has 0 radical (unpaired) electrons. The zero-order valence-corrected chi connectivity index (χ0v) is 12.8. The highest BCUT2D eigenvalue weighted by atomic mass is 32.2. The maximum atomic E-state index is 11.0. The molecule has 0 bridgehead atoms. The van der Waals surface area contributed by atoms with Crippen LogP contribution in [0.1, 0.15) is 17.2 Å². The van der Waals surface area contributed by atoms with E-state index in [1.807, 2.05) is 30.3 Å². The van der Waals surface area contributed by atoms with E-state index in [0.717, 1.165) is 11.8 Å². The van der Waals surface area contributed by atoms with Crippen LogP contribution in [0.5, 0.6) is 5.75 Å². The third-order valence-corrected chi connectivity index (χ3v) is 3.30. The predicted molar refractivity (Wildman–Crippen MR) is 81.5 cm³/mol. The summed E-state index contributed by atoms with van der Waals surface area (Å²) in [5.74, 6) is 0.200. The van der Waals surface area contributed by atoms with Crippen LogP contribution >= 0.6 is 0 Å². The van der Waals surface area contributed by atoms with Gasteiger partial charge in [0, 0.05) is 0 Å². The Hall–Kier alpha value is -2.36. The van der Waals surface area contributed by atoms with Crippen molar-refractivity contribution in [1.29, 1.82) is 5.26 Å². The molecule has 6 heteroatoms. The molecule has 0 saturated heterocycles. The Morgan fingerprint density at radius 1 is 1.09 bits per heavy atom. The van der Waals surface area contributed by atoms with Gasteiger partial charge in [-0.05, 0) is 23.3 Å². The van der Waals surface area contributed by atoms with Crippen LogP contribution in [0.4, 0.5) is 0 Å². The molecule has 0 spiro atoms. The summed E-state index contributed by atoms with van der Waals surface area (Å²) in [4.78, 5) is 0. The number of hydrogen-bond acceptors (Lipinski definition) is 5. The molecule has 0 aliphatic rings. The van der Waals surface area contributed by atoms with E-state index < -0.39 is 16.2 Å². The molecular formula is C16H15NO4S. The first-order chi connectivity index (χ1) is 10.5. The van der Waals surface area contributed by atoms with Gasteiger partial charge in [-0.25, -0.2) is 0 Å². The molecule has 2 aromatic rings. The van der Waals surface area contributed by atoms with E-state index in [1.54, 1.807) is 12.1 Å². The Labute approximate surface area is 129 Å². The van der Waals surface area contributed by atoms with E-state index in [1.165, 1.54) is 12.1 Å². The van der Waals surface area contributed by atoms with Crippen molar-refractivity contribution in [2.45, 2.75) is 12.7 Å². The molecule has 2 rings (SSSR count). The summed E-state index contributed by atoms with van der Waals surface area (Å²) in [5, 5.41) is 9.21. The Morgan fingerprint density at radius 2 is 1.73 bits per heavy atom. The van der Waals surface area contributed by atoms with Crippen molar-refractivity contribution in [3.8, 4) is 11.8 Å². The Balaban J connectivity index is 2.03. The fourth-order valence-electron chi connectivity index (χ4n) is 1.83. The van der Waals surface area contributed by atoms with Gasteiger partial charge in [0.15, 0.2) is 6.10 Å². The average Bonchev–Trinajstić information content (AvgIpc) is 2.49. The lowest BCUT2D eigenvalue weighted by atomic mass is 10.1. The lowest BCUT2D eigenvalue weighted by Gasteiger charge is -2.12. The number of benzene rings is 2. The fraction of sp³-hybridized carbons (Fsp3) is 0.188. The summed E-state index contributed by atoms with van der Waals surface area (Å²) in [7, 11) is -3.56. The minimum absolute atomic E-state index is 0.200. The molecule has 5 nitrogen and oxygen atoms in total. The number of rotatable bonds is 6. The molecule has 2 aromatic carbocycles. The lowest BCUT2D eigenvalue weighted by Crippen LogP contribution is -2.06. The van der Waals surface area contributed by atoms with Crippen LogP contribution in [-0.2, 0) is 21.5 Å². The Morgan fingerprint density at radius 3 is 2.27 bits per heavy atom. The molecule has 0 amide bonds. The molecule has 1 unspecified atom stereocenters. The van der Waals surface area contributed by atoms with Gasteiger partial charge in [0.1, 0.15) is 5.75 Å². The van der Waals surface area contributed by atoms with Crippen LogP contribution in [0.3, 0.4) is 0 Å². The van der Waals surface area contributed by atoms with Gasteiger partial charge >= 0.3 is 10.1 Å². The SMILES string of the molecule is CS(=O)(=O)Oc1ccc(C(C#N)OCc2ccccc2)cc1. The van der Waals surface area contributed by atoms with Gasteiger partial charge in [0.05, 0.1) is 18.9 Å². The third-order valence-electron chi connectivity index (χ3n) is 2.81. The zero-order chi connectivity index (χ0) is 16.0. The topological polar surface area (TPSA) is 76.4 Å². The van der Waals surface area contributed by atoms with Gasteiger partial charge in [-0.1, -0.05) is 42.5 Å². The largest absolute Gasteiger partial charge is 0.383 e. The van der Waals surface area contributed by atoms with Crippen LogP contribution in [-0.4, -0.2) is 14.7 Å². The van der Waals surface area contributed by atoms with Crippen LogP contribution < -0.4 is 4.18 Å². The maximum absolute atomic E-state index is 11.0. The molecule has 0 aromatic heterocycles. The minimum atomic E-state index is -3.56. The second-order valence-electron chi connectivity index (χ2n) is 4.66. The Kier molecular flexibility index (Phi) is 5.15. The van der Waals surface area contributed by atoms with Crippen LogP contribution in [0, 0.1) is 11.3 Å². The van der Waals surface area contributed by atoms with E-state index in [0.29, 0.717) is 12.2 Å². The Bertz CT molecular complexity index is 749. The van der Waals surface area contributed by atoms with E-state index in [-0.39, 0.29) is 5.75 Å². The van der Waals surface area contributed by atoms with Crippen molar-refractivity contribution >= 4 is 10.1 Å². The van der Waals surface area contributed by atoms with Crippen molar-refractivity contribution in [3.63, 3.8) is 0 Å². The summed E-state index contributed by atoms with van der Waals surface area (Å²) in [6.07, 6.45) is 0.245. The molecule has 0 aliphatic carbocycles. The summed E-state index contributed by atoms with van der Waals surface area (Å²) < 4.78 is 32.4. The summed E-state index contributed by atoms with van der Waals surface area (Å²) >= 11 is 0. The first-order valence-electron chi connectivity index (χ1n) is 6.52. The quantitative estimate of drug-likeness (QED) is 0.766. The molecule has 0 N–H and O–H groups in total. The number of ether oxygens (including phenoxy) is 1. The number of nitrogens with zero attached hydrogens (tertiary/aromatic N) is 1. The van der Waals surface area contributed by atoms with E-state index in [4.69, 9.17) is 8.92 Å². The number of nitriles is 1. The van der Waals surface area contributed by atoms with Crippen LogP contribution in [0.2, 0.25) is 0 Å². The van der Waals surface area contributed by atoms with Gasteiger partial charge in [-0.2, -0.15) is 13.7 Å². The summed E-state index contributed by atoms with van der Waals surface area (Å²) in [6, 6.07) is 17.8. The highest BCUT2D eigenvalue weighted by Crippen LogP contribution is 2.22. The van der Waals surface area contributed by atoms with Gasteiger partial charge in [-0.15, -0.1) is 0 Å². The average molecular weight is 317 g/mol. The molecule has 0 aliphatic heterocycles. The fourth-order valence-corrected chi connectivity index (χ4v) is 2.30. The van der Waals surface area contributed by atoms with Gasteiger partial charge in [0.2, 0.25) is 0 Å². The smallest absolute Gasteiger partial charge is 0.306 e. The minimum Gasteiger partial charge on any atom is -0.383 e. The molecule has 114 valence electrons. The molecule has 1 atom stereocenters. The van der Waals surface area contributed by atoms with Crippen molar-refractivity contribution < 1.29 is 17.3 Å². The second-order valence-corrected chi connectivity index (χ2v) is 6.24. The second kappa shape index (κ2) is 7.07. The first-order valence-corrected chi connectivity index (χ1v) is 8.34. The van der Waals surface area contributed by atoms with Crippen molar-refractivity contribution in [2.75, 3.05) is 6.26 Å². The molecule has 0 saturated carbocycles. The van der Waals surface area contributed by atoms with Crippen LogP contribution in [0.25, 0.3) is 0 Å². The molecule has 22 heavy (non-hydrogen) atoms. The van der Waals surface area contributed by atoms with E-state index in [9.17, 15) is 13.7 Å². The molecule has 0 heterocycles. The van der Waals surface area contributed by atoms with E-state index >= 15 is 0 Å². The van der Waals surface area contributed by atoms with Gasteiger partial charge in [-0.3, -0.25) is 0 Å². The van der Waals surface area contributed by atoms with Crippen molar-refractivity contribution in [2.24, 2.45) is 0 Å².